The van der Waals surface area contributed by atoms with Crippen molar-refractivity contribution in [2.45, 2.75) is 32.7 Å². The molecular weight excluding hydrogens is 230 g/mol. The Labute approximate surface area is 105 Å². The number of aromatic nitrogens is 4. The number of H-pyrrole nitrogens is 1. The Morgan fingerprint density at radius 3 is 2.89 bits per heavy atom. The monoisotopic (exact) mass is 247 g/mol. The lowest BCUT2D eigenvalue weighted by Crippen LogP contribution is -2.32. The van der Waals surface area contributed by atoms with Gasteiger partial charge in [-0.3, -0.25) is 14.8 Å². The molecule has 1 aliphatic heterocycles. The zero-order valence-electron chi connectivity index (χ0n) is 10.5. The molecule has 0 amide bonds. The predicted octanol–water partition coefficient (Wildman–Crippen LogP) is 0.712. The van der Waals surface area contributed by atoms with Crippen LogP contribution in [-0.2, 0) is 6.54 Å². The van der Waals surface area contributed by atoms with E-state index in [0.717, 1.165) is 29.9 Å². The first kappa shape index (κ1) is 11.4. The van der Waals surface area contributed by atoms with Gasteiger partial charge in [-0.25, -0.2) is 4.52 Å². The van der Waals surface area contributed by atoms with Crippen LogP contribution in [-0.4, -0.2) is 37.8 Å². The molecule has 0 saturated carbocycles. The maximum Gasteiger partial charge on any atom is 0.267 e. The topological polar surface area (TPSA) is 66.3 Å². The van der Waals surface area contributed by atoms with E-state index in [1.165, 1.54) is 25.6 Å². The molecule has 0 bridgehead atoms. The van der Waals surface area contributed by atoms with E-state index < -0.39 is 0 Å². The molecule has 0 aliphatic carbocycles. The highest BCUT2D eigenvalue weighted by Crippen LogP contribution is 2.14. The van der Waals surface area contributed by atoms with Gasteiger partial charge in [-0.15, -0.1) is 10.2 Å². The van der Waals surface area contributed by atoms with Gasteiger partial charge in [-0.1, -0.05) is 6.42 Å². The second kappa shape index (κ2) is 4.53. The summed E-state index contributed by atoms with van der Waals surface area (Å²) in [6, 6.07) is 0. The van der Waals surface area contributed by atoms with E-state index in [2.05, 4.69) is 20.2 Å². The van der Waals surface area contributed by atoms with Crippen molar-refractivity contribution in [1.29, 1.82) is 0 Å². The number of likely N-dealkylation sites (tertiary alicyclic amines) is 1. The van der Waals surface area contributed by atoms with Gasteiger partial charge >= 0.3 is 0 Å². The summed E-state index contributed by atoms with van der Waals surface area (Å²) in [5.41, 5.74) is 2.45. The molecule has 1 saturated heterocycles. The molecule has 6 nitrogen and oxygen atoms in total. The maximum atomic E-state index is 12.1. The smallest absolute Gasteiger partial charge is 0.267 e. The third-order valence-electron chi connectivity index (χ3n) is 3.66. The Bertz CT molecular complexity index is 608. The zero-order valence-corrected chi connectivity index (χ0v) is 10.5. The van der Waals surface area contributed by atoms with E-state index in [1.54, 1.807) is 4.52 Å². The number of aromatic amines is 1. The van der Waals surface area contributed by atoms with Gasteiger partial charge < -0.3 is 0 Å². The van der Waals surface area contributed by atoms with Crippen molar-refractivity contribution < 1.29 is 0 Å². The van der Waals surface area contributed by atoms with Crippen LogP contribution in [0.15, 0.2) is 11.1 Å². The van der Waals surface area contributed by atoms with Crippen LogP contribution in [0.5, 0.6) is 0 Å². The average molecular weight is 247 g/mol. The van der Waals surface area contributed by atoms with Gasteiger partial charge in [-0.05, 0) is 32.9 Å². The standard InChI is InChI=1S/C12H17N5O/c1-9-10(7-16-5-3-2-4-6-16)12(18)15-17-8-13-14-11(9)17/h8H,2-7H2,1H3,(H,15,18). The highest BCUT2D eigenvalue weighted by atomic mass is 16.1. The van der Waals surface area contributed by atoms with E-state index in [1.807, 2.05) is 6.92 Å². The molecule has 3 rings (SSSR count). The van der Waals surface area contributed by atoms with Crippen LogP contribution < -0.4 is 5.56 Å². The summed E-state index contributed by atoms with van der Waals surface area (Å²) in [4.78, 5) is 14.4. The largest absolute Gasteiger partial charge is 0.299 e. The molecule has 1 aliphatic rings. The molecule has 2 aromatic heterocycles. The van der Waals surface area contributed by atoms with E-state index in [0.29, 0.717) is 6.54 Å². The van der Waals surface area contributed by atoms with Gasteiger partial charge in [0.2, 0.25) is 0 Å². The number of nitrogens with one attached hydrogen (secondary N) is 1. The molecule has 0 radical (unpaired) electrons. The Balaban J connectivity index is 1.97. The number of fused-ring (bicyclic) bond motifs is 1. The first-order chi connectivity index (χ1) is 8.75. The van der Waals surface area contributed by atoms with Gasteiger partial charge in [0.15, 0.2) is 5.65 Å². The molecule has 2 aromatic rings. The van der Waals surface area contributed by atoms with E-state index >= 15 is 0 Å². The number of aryl methyl sites for hydroxylation is 1. The molecule has 0 aromatic carbocycles. The number of hydrogen-bond donors (Lipinski definition) is 1. The molecule has 0 spiro atoms. The van der Waals surface area contributed by atoms with Crippen molar-refractivity contribution in [3.05, 3.63) is 27.8 Å². The summed E-state index contributed by atoms with van der Waals surface area (Å²) in [5.74, 6) is 0. The molecule has 6 heteroatoms. The Morgan fingerprint density at radius 1 is 1.33 bits per heavy atom. The Morgan fingerprint density at radius 2 is 2.11 bits per heavy atom. The van der Waals surface area contributed by atoms with Crippen molar-refractivity contribution in [3.8, 4) is 0 Å². The van der Waals surface area contributed by atoms with Gasteiger partial charge in [0, 0.05) is 17.7 Å². The number of hydrogen-bond acceptors (Lipinski definition) is 4. The van der Waals surface area contributed by atoms with Crippen molar-refractivity contribution in [3.63, 3.8) is 0 Å². The van der Waals surface area contributed by atoms with Crippen LogP contribution >= 0.6 is 0 Å². The molecule has 1 fully saturated rings. The van der Waals surface area contributed by atoms with Gasteiger partial charge in [0.25, 0.3) is 5.56 Å². The highest BCUT2D eigenvalue weighted by Gasteiger charge is 2.16. The molecule has 1 N–H and O–H groups in total. The lowest BCUT2D eigenvalue weighted by atomic mass is 10.1. The van der Waals surface area contributed by atoms with Crippen LogP contribution in [0.2, 0.25) is 0 Å². The first-order valence-electron chi connectivity index (χ1n) is 6.39. The van der Waals surface area contributed by atoms with Crippen LogP contribution in [0.3, 0.4) is 0 Å². The fourth-order valence-corrected chi connectivity index (χ4v) is 2.59. The second-order valence-electron chi connectivity index (χ2n) is 4.91. The fraction of sp³-hybridized carbons (Fsp3) is 0.583. The summed E-state index contributed by atoms with van der Waals surface area (Å²) >= 11 is 0. The van der Waals surface area contributed by atoms with Crippen molar-refractivity contribution >= 4 is 5.65 Å². The minimum absolute atomic E-state index is 0.0367. The molecule has 3 heterocycles. The molecule has 96 valence electrons. The average Bonchev–Trinajstić information content (AvgIpc) is 2.84. The van der Waals surface area contributed by atoms with E-state index in [4.69, 9.17) is 0 Å². The Hall–Kier alpha value is -1.69. The van der Waals surface area contributed by atoms with Crippen LogP contribution in [0.25, 0.3) is 5.65 Å². The minimum Gasteiger partial charge on any atom is -0.299 e. The van der Waals surface area contributed by atoms with Gasteiger partial charge in [0.05, 0.1) is 0 Å². The van der Waals surface area contributed by atoms with Crippen LogP contribution in [0, 0.1) is 6.92 Å². The van der Waals surface area contributed by atoms with Crippen molar-refractivity contribution in [1.82, 2.24) is 24.7 Å². The zero-order chi connectivity index (χ0) is 12.5. The van der Waals surface area contributed by atoms with E-state index in [9.17, 15) is 4.79 Å². The fourth-order valence-electron chi connectivity index (χ4n) is 2.59. The highest BCUT2D eigenvalue weighted by molar-refractivity contribution is 5.47. The summed E-state index contributed by atoms with van der Waals surface area (Å²) in [6.45, 7) is 4.82. The summed E-state index contributed by atoms with van der Waals surface area (Å²) in [7, 11) is 0. The summed E-state index contributed by atoms with van der Waals surface area (Å²) in [5, 5.41) is 10.6. The second-order valence-corrected chi connectivity index (χ2v) is 4.91. The molecule has 0 unspecified atom stereocenters. The Kier molecular flexibility index (Phi) is 2.87. The number of rotatable bonds is 2. The number of piperidine rings is 1. The normalized spacial score (nSPS) is 17.4. The maximum absolute atomic E-state index is 12.1. The third-order valence-corrected chi connectivity index (χ3v) is 3.66. The van der Waals surface area contributed by atoms with Crippen LogP contribution in [0.4, 0.5) is 0 Å². The lowest BCUT2D eigenvalue weighted by Gasteiger charge is -2.26. The SMILES string of the molecule is Cc1c(CN2CCCCC2)c(=O)[nH]n2cnnc12. The lowest BCUT2D eigenvalue weighted by molar-refractivity contribution is 0.219. The quantitative estimate of drug-likeness (QED) is 0.849. The van der Waals surface area contributed by atoms with Gasteiger partial charge in [-0.2, -0.15) is 0 Å². The number of nitrogens with zero attached hydrogens (tertiary/aromatic N) is 4. The first-order valence-corrected chi connectivity index (χ1v) is 6.39. The minimum atomic E-state index is -0.0367. The molecule has 18 heavy (non-hydrogen) atoms. The van der Waals surface area contributed by atoms with Crippen LogP contribution in [0.1, 0.15) is 30.4 Å². The summed E-state index contributed by atoms with van der Waals surface area (Å²) < 4.78 is 1.58. The molecule has 0 atom stereocenters. The van der Waals surface area contributed by atoms with Gasteiger partial charge in [0.1, 0.15) is 6.33 Å². The summed E-state index contributed by atoms with van der Waals surface area (Å²) in [6.07, 6.45) is 5.28. The third kappa shape index (κ3) is 1.92. The van der Waals surface area contributed by atoms with Crippen molar-refractivity contribution in [2.24, 2.45) is 0 Å². The predicted molar refractivity (Wildman–Crippen MR) is 67.5 cm³/mol. The van der Waals surface area contributed by atoms with E-state index in [-0.39, 0.29) is 5.56 Å². The molecular formula is C12H17N5O. The van der Waals surface area contributed by atoms with Crippen molar-refractivity contribution in [2.75, 3.05) is 13.1 Å².